The molecule has 2 fully saturated rings. The molecular weight excluding hydrogens is 390 g/mol. The van der Waals surface area contributed by atoms with Gasteiger partial charge >= 0.3 is 0 Å². The molecule has 0 amide bonds. The fraction of sp³-hybridized carbons (Fsp3) is 0.650. The lowest BCUT2D eigenvalue weighted by atomic mass is 9.82. The van der Waals surface area contributed by atoms with Gasteiger partial charge in [0.15, 0.2) is 5.03 Å². The van der Waals surface area contributed by atoms with Crippen LogP contribution in [-0.2, 0) is 16.6 Å². The van der Waals surface area contributed by atoms with Crippen LogP contribution in [-0.4, -0.2) is 51.9 Å². The van der Waals surface area contributed by atoms with Crippen LogP contribution in [0.1, 0.15) is 43.3 Å². The molecule has 1 saturated carbocycles. The maximum atomic E-state index is 13.3. The summed E-state index contributed by atoms with van der Waals surface area (Å²) in [5.74, 6) is 1.61. The molecule has 29 heavy (non-hydrogen) atoms. The molecule has 158 valence electrons. The van der Waals surface area contributed by atoms with Crippen molar-refractivity contribution in [1.29, 1.82) is 0 Å². The summed E-state index contributed by atoms with van der Waals surface area (Å²) in [4.78, 5) is 12.8. The number of fused-ring (bicyclic) bond motifs is 1. The van der Waals surface area contributed by atoms with Crippen LogP contribution in [0.4, 0.5) is 0 Å². The van der Waals surface area contributed by atoms with Crippen LogP contribution in [0.3, 0.4) is 0 Å². The fourth-order valence-electron chi connectivity index (χ4n) is 4.71. The predicted octanol–water partition coefficient (Wildman–Crippen LogP) is 2.49. The molecule has 2 atom stereocenters. The number of rotatable bonds is 6. The minimum Gasteiger partial charge on any atom is -0.477 e. The van der Waals surface area contributed by atoms with Gasteiger partial charge in [-0.05, 0) is 46.5 Å². The third-order valence-corrected chi connectivity index (χ3v) is 8.38. The van der Waals surface area contributed by atoms with E-state index in [4.69, 9.17) is 4.74 Å². The lowest BCUT2D eigenvalue weighted by Crippen LogP contribution is -2.36. The Morgan fingerprint density at radius 1 is 1.28 bits per heavy atom. The van der Waals surface area contributed by atoms with E-state index in [-0.39, 0.29) is 10.4 Å². The SMILES string of the molecule is CCn1cc(S(=O)(=O)N2CC3CCCC3(COc3ncnc(C)c3C)C2)nc1C. The van der Waals surface area contributed by atoms with Crippen LogP contribution in [0, 0.1) is 32.1 Å². The van der Waals surface area contributed by atoms with Crippen molar-refractivity contribution >= 4 is 10.0 Å². The zero-order valence-corrected chi connectivity index (χ0v) is 18.4. The zero-order valence-electron chi connectivity index (χ0n) is 17.6. The number of sulfonamides is 1. The minimum atomic E-state index is -3.61. The molecule has 3 heterocycles. The molecule has 0 bridgehead atoms. The Bertz CT molecular complexity index is 1020. The summed E-state index contributed by atoms with van der Waals surface area (Å²) in [5, 5.41) is 0.148. The Morgan fingerprint density at radius 2 is 2.07 bits per heavy atom. The summed E-state index contributed by atoms with van der Waals surface area (Å²) in [6.07, 6.45) is 6.26. The van der Waals surface area contributed by atoms with Crippen molar-refractivity contribution < 1.29 is 13.2 Å². The van der Waals surface area contributed by atoms with E-state index in [0.717, 1.165) is 36.3 Å². The van der Waals surface area contributed by atoms with Crippen molar-refractivity contribution in [3.8, 4) is 5.88 Å². The molecule has 2 unspecified atom stereocenters. The lowest BCUT2D eigenvalue weighted by molar-refractivity contribution is 0.129. The molecule has 2 aromatic rings. The van der Waals surface area contributed by atoms with Crippen molar-refractivity contribution in [2.45, 2.75) is 58.5 Å². The summed E-state index contributed by atoms with van der Waals surface area (Å²) in [6.45, 7) is 9.88. The molecule has 0 aromatic carbocycles. The van der Waals surface area contributed by atoms with Crippen molar-refractivity contribution in [2.75, 3.05) is 19.7 Å². The molecule has 2 aromatic heterocycles. The van der Waals surface area contributed by atoms with Gasteiger partial charge in [-0.25, -0.2) is 23.4 Å². The van der Waals surface area contributed by atoms with Crippen LogP contribution >= 0.6 is 0 Å². The highest BCUT2D eigenvalue weighted by atomic mass is 32.2. The summed E-state index contributed by atoms with van der Waals surface area (Å²) < 4.78 is 36.1. The molecule has 1 aliphatic carbocycles. The molecule has 9 heteroatoms. The van der Waals surface area contributed by atoms with E-state index in [1.54, 1.807) is 10.5 Å². The normalized spacial score (nSPS) is 24.8. The predicted molar refractivity (Wildman–Crippen MR) is 108 cm³/mol. The molecule has 0 spiro atoms. The number of imidazole rings is 1. The van der Waals surface area contributed by atoms with E-state index < -0.39 is 10.0 Å². The van der Waals surface area contributed by atoms with Crippen molar-refractivity contribution in [3.05, 3.63) is 29.6 Å². The van der Waals surface area contributed by atoms with E-state index in [9.17, 15) is 8.42 Å². The largest absolute Gasteiger partial charge is 0.477 e. The Balaban J connectivity index is 1.55. The second-order valence-electron chi connectivity index (χ2n) is 8.34. The second-order valence-corrected chi connectivity index (χ2v) is 10.2. The van der Waals surface area contributed by atoms with E-state index in [2.05, 4.69) is 15.0 Å². The highest BCUT2D eigenvalue weighted by Gasteiger charge is 2.53. The molecular formula is C20H29N5O3S. The maximum absolute atomic E-state index is 13.3. The summed E-state index contributed by atoms with van der Waals surface area (Å²) >= 11 is 0. The van der Waals surface area contributed by atoms with Crippen molar-refractivity contribution in [1.82, 2.24) is 23.8 Å². The van der Waals surface area contributed by atoms with Crippen LogP contribution in [0.25, 0.3) is 0 Å². The van der Waals surface area contributed by atoms with E-state index in [1.165, 1.54) is 6.33 Å². The van der Waals surface area contributed by atoms with E-state index in [1.807, 2.05) is 32.3 Å². The van der Waals surface area contributed by atoms with Gasteiger partial charge in [0.05, 0.1) is 6.61 Å². The highest BCUT2D eigenvalue weighted by molar-refractivity contribution is 7.89. The van der Waals surface area contributed by atoms with Crippen molar-refractivity contribution in [2.24, 2.45) is 11.3 Å². The average Bonchev–Trinajstić information content (AvgIpc) is 3.35. The van der Waals surface area contributed by atoms with Crippen LogP contribution < -0.4 is 4.74 Å². The molecule has 0 N–H and O–H groups in total. The van der Waals surface area contributed by atoms with E-state index >= 15 is 0 Å². The Morgan fingerprint density at radius 3 is 2.79 bits per heavy atom. The first-order valence-electron chi connectivity index (χ1n) is 10.2. The quantitative estimate of drug-likeness (QED) is 0.715. The first kappa shape index (κ1) is 20.3. The Kier molecular flexibility index (Phi) is 5.14. The average molecular weight is 420 g/mol. The first-order chi connectivity index (χ1) is 13.8. The monoisotopic (exact) mass is 419 g/mol. The first-order valence-corrected chi connectivity index (χ1v) is 11.7. The lowest BCUT2D eigenvalue weighted by Gasteiger charge is -2.28. The van der Waals surface area contributed by atoms with Crippen LogP contribution in [0.2, 0.25) is 0 Å². The molecule has 8 nitrogen and oxygen atoms in total. The number of aromatic nitrogens is 4. The summed E-state index contributed by atoms with van der Waals surface area (Å²) in [5.41, 5.74) is 1.66. The van der Waals surface area contributed by atoms with Crippen LogP contribution in [0.5, 0.6) is 5.88 Å². The number of nitrogens with zero attached hydrogens (tertiary/aromatic N) is 5. The number of ether oxygens (including phenoxy) is 1. The van der Waals surface area contributed by atoms with Gasteiger partial charge in [-0.15, -0.1) is 0 Å². The molecule has 1 saturated heterocycles. The van der Waals surface area contributed by atoms with Gasteiger partial charge in [0.1, 0.15) is 12.2 Å². The van der Waals surface area contributed by atoms with Gasteiger partial charge in [0.2, 0.25) is 5.88 Å². The Labute approximate surface area is 172 Å². The summed E-state index contributed by atoms with van der Waals surface area (Å²) in [7, 11) is -3.61. The zero-order chi connectivity index (χ0) is 20.8. The molecule has 4 rings (SSSR count). The van der Waals surface area contributed by atoms with E-state index in [0.29, 0.717) is 38.0 Å². The maximum Gasteiger partial charge on any atom is 0.262 e. The minimum absolute atomic E-state index is 0.148. The van der Waals surface area contributed by atoms with Gasteiger partial charge in [-0.3, -0.25) is 0 Å². The van der Waals surface area contributed by atoms with Crippen molar-refractivity contribution in [3.63, 3.8) is 0 Å². The Hall–Kier alpha value is -2.00. The standard InChI is InChI=1S/C20H29N5O3S/c1-5-24-10-18(23-16(24)4)29(26,27)25-9-17-7-6-8-20(17,11-25)12-28-19-14(2)15(3)21-13-22-19/h10,13,17H,5-9,11-12H2,1-4H3. The third kappa shape index (κ3) is 3.44. The van der Waals surface area contributed by atoms with Crippen LogP contribution in [0.15, 0.2) is 17.6 Å². The fourth-order valence-corrected chi connectivity index (χ4v) is 6.29. The van der Waals surface area contributed by atoms with Gasteiger partial charge < -0.3 is 9.30 Å². The highest BCUT2D eigenvalue weighted by Crippen LogP contribution is 2.50. The summed E-state index contributed by atoms with van der Waals surface area (Å²) in [6, 6.07) is 0. The smallest absolute Gasteiger partial charge is 0.262 e. The number of aryl methyl sites for hydroxylation is 3. The second kappa shape index (κ2) is 7.36. The topological polar surface area (TPSA) is 90.2 Å². The number of hydrogen-bond donors (Lipinski definition) is 0. The molecule has 1 aliphatic heterocycles. The van der Waals surface area contributed by atoms with Gasteiger partial charge in [0.25, 0.3) is 10.0 Å². The van der Waals surface area contributed by atoms with Gasteiger partial charge in [-0.2, -0.15) is 4.31 Å². The van der Waals surface area contributed by atoms with Gasteiger partial charge in [-0.1, -0.05) is 6.42 Å². The molecule has 2 aliphatic rings. The third-order valence-electron chi connectivity index (χ3n) is 6.69. The van der Waals surface area contributed by atoms with Gasteiger partial charge in [0, 0.05) is 42.5 Å². The molecule has 0 radical (unpaired) electrons. The number of hydrogen-bond acceptors (Lipinski definition) is 6.